The predicted octanol–water partition coefficient (Wildman–Crippen LogP) is 6.81. The molecule has 24 heteroatoms. The molecule has 446 valence electrons. The van der Waals surface area contributed by atoms with Gasteiger partial charge >= 0.3 is 0 Å². The number of hydrogen-bond donors (Lipinski definition) is 3. The van der Waals surface area contributed by atoms with Crippen molar-refractivity contribution in [2.45, 2.75) is 57.8 Å². The Labute approximate surface area is 498 Å². The first-order valence-electron chi connectivity index (χ1n) is 29.6. The molecule has 6 fully saturated rings. The maximum atomic E-state index is 12.6. The highest BCUT2D eigenvalue weighted by molar-refractivity contribution is 5.98. The second-order valence-corrected chi connectivity index (χ2v) is 24.0. The molecule has 3 spiro atoms. The maximum absolute atomic E-state index is 12.6. The summed E-state index contributed by atoms with van der Waals surface area (Å²) < 4.78 is 18.4. The zero-order chi connectivity index (χ0) is 59.7. The van der Waals surface area contributed by atoms with E-state index in [0.29, 0.717) is 88.2 Å². The molecule has 0 aromatic carbocycles. The number of carbonyl (C=O) groups is 6. The summed E-state index contributed by atoms with van der Waals surface area (Å²) in [5.74, 6) is 1.75. The summed E-state index contributed by atoms with van der Waals surface area (Å²) in [5.41, 5.74) is 4.21. The highest BCUT2D eigenvalue weighted by Crippen LogP contribution is 2.61. The molecular formula is C63H65N15O9. The average molecular weight is 1180 g/mol. The van der Waals surface area contributed by atoms with Gasteiger partial charge in [-0.05, 0) is 134 Å². The number of furan rings is 3. The lowest BCUT2D eigenvalue weighted by Gasteiger charge is -2.33. The Morgan fingerprint density at radius 1 is 0.471 bits per heavy atom. The number of likely N-dealkylation sites (tertiary alicyclic amines) is 3. The Morgan fingerprint density at radius 2 is 0.885 bits per heavy atom. The van der Waals surface area contributed by atoms with Crippen molar-refractivity contribution in [3.05, 3.63) is 157 Å². The van der Waals surface area contributed by atoms with Gasteiger partial charge in [-0.25, -0.2) is 4.98 Å². The normalized spacial score (nSPS) is 20.1. The highest BCUT2D eigenvalue weighted by atomic mass is 16.4. The van der Waals surface area contributed by atoms with Crippen molar-refractivity contribution in [1.29, 1.82) is 0 Å². The van der Waals surface area contributed by atoms with Crippen LogP contribution in [0.25, 0.3) is 32.9 Å². The lowest BCUT2D eigenvalue weighted by molar-refractivity contribution is 0.0655. The first-order chi connectivity index (χ1) is 42.3. The maximum Gasteiger partial charge on any atom is 0.287 e. The summed E-state index contributed by atoms with van der Waals surface area (Å²) in [5, 5.41) is 23.2. The van der Waals surface area contributed by atoms with E-state index in [1.165, 1.54) is 24.8 Å². The van der Waals surface area contributed by atoms with Gasteiger partial charge in [0.25, 0.3) is 35.4 Å². The van der Waals surface area contributed by atoms with Crippen LogP contribution in [0.15, 0.2) is 136 Å². The molecule has 0 radical (unpaired) electrons. The van der Waals surface area contributed by atoms with Gasteiger partial charge in [0.15, 0.2) is 34.0 Å². The van der Waals surface area contributed by atoms with Crippen LogP contribution >= 0.6 is 0 Å². The highest BCUT2D eigenvalue weighted by Gasteiger charge is 2.57. The second-order valence-electron chi connectivity index (χ2n) is 24.0. The summed E-state index contributed by atoms with van der Waals surface area (Å²) in [6.07, 6.45) is 30.0. The number of piperidine rings is 3. The molecular weight excluding hydrogens is 1110 g/mol. The summed E-state index contributed by atoms with van der Waals surface area (Å²) in [4.78, 5) is 101. The van der Waals surface area contributed by atoms with Gasteiger partial charge in [0.05, 0.1) is 54.5 Å². The lowest BCUT2D eigenvalue weighted by atomic mass is 9.90. The van der Waals surface area contributed by atoms with Gasteiger partial charge in [0.2, 0.25) is 0 Å². The predicted molar refractivity (Wildman–Crippen MR) is 313 cm³/mol. The average Bonchev–Trinajstić information content (AvgIpc) is 1.67. The van der Waals surface area contributed by atoms with Crippen LogP contribution in [0.2, 0.25) is 0 Å². The smallest absolute Gasteiger partial charge is 0.287 e. The van der Waals surface area contributed by atoms with Crippen LogP contribution in [0.5, 0.6) is 0 Å². The van der Waals surface area contributed by atoms with E-state index < -0.39 is 0 Å². The lowest BCUT2D eigenvalue weighted by Crippen LogP contribution is -2.40. The van der Waals surface area contributed by atoms with Crippen LogP contribution in [0.1, 0.15) is 121 Å². The van der Waals surface area contributed by atoms with Gasteiger partial charge in [-0.3, -0.25) is 53.4 Å². The van der Waals surface area contributed by atoms with E-state index in [0.717, 1.165) is 113 Å². The number of amides is 6. The van der Waals surface area contributed by atoms with Gasteiger partial charge in [0, 0.05) is 119 Å². The number of nitrogens with one attached hydrogen (secondary N) is 3. The van der Waals surface area contributed by atoms with Crippen molar-refractivity contribution in [1.82, 2.24) is 75.5 Å². The van der Waals surface area contributed by atoms with Crippen LogP contribution in [0, 0.1) is 34.0 Å². The van der Waals surface area contributed by atoms with Gasteiger partial charge in [-0.1, -0.05) is 0 Å². The standard InChI is InChI=1S/C21H23N5O3.2C21H21N5O3/c1-25-13-15(10-24-25)20(28)26-6-3-21(4-7-26)9-16(21)11-23-19(27)17-8-14-2-5-22-12-18(14)29-17;27-19(17-9-14-1-5-22-13-18(14)29-17)23-12-16-10-21(16)3-7-26(8-4-21)20(28)15-2-6-24-25-11-15;27-19(17-9-14-1-4-22-13-18(14)29-17)25-11-15-10-21(15)2-7-26(8-3-21)20(28)16-12-23-5-6-24-16/h2,5,8,10,12-13,16H,3-4,6-7,9,11H2,1H3,(H,23,27);1-2,5-6,9,11,13,16H,3-4,7-8,10,12H2,(H,23,27);1,4-6,9,12-13,15H,2-3,7-8,10-11H2,(H,25,27). The van der Waals surface area contributed by atoms with Crippen LogP contribution in [0.3, 0.4) is 0 Å². The second kappa shape index (κ2) is 23.6. The van der Waals surface area contributed by atoms with Crippen molar-refractivity contribution in [2.24, 2.45) is 41.0 Å². The molecule has 3 aliphatic carbocycles. The number of nitrogens with zero attached hydrogens (tertiary/aromatic N) is 12. The Morgan fingerprint density at radius 3 is 1.25 bits per heavy atom. The van der Waals surface area contributed by atoms with E-state index in [9.17, 15) is 28.8 Å². The van der Waals surface area contributed by atoms with Crippen molar-refractivity contribution >= 4 is 68.4 Å². The minimum absolute atomic E-state index is 0.0135. The number of pyridine rings is 3. The number of fused-ring (bicyclic) bond motifs is 3. The van der Waals surface area contributed by atoms with Crippen LogP contribution < -0.4 is 16.0 Å². The SMILES string of the molecule is Cn1cc(C(=O)N2CCC3(CC2)CC3CNC(=O)c2cc3ccncc3o2)cn1.O=C(NCC1CC12CCN(C(=O)c1ccnnc1)CC2)c1cc2ccncc2o1.O=C(NCC1CC12CCN(C(=O)c1cnccn1)CC2)c1cc2ccncc2o1. The fourth-order valence-corrected chi connectivity index (χ4v) is 13.2. The minimum Gasteiger partial charge on any atom is -0.449 e. The number of rotatable bonds is 12. The molecule has 3 unspecified atom stereocenters. The van der Waals surface area contributed by atoms with Crippen LogP contribution in [-0.2, 0) is 7.05 Å². The number of carbonyl (C=O) groups excluding carboxylic acids is 6. The third kappa shape index (κ3) is 12.1. The Hall–Kier alpha value is -9.74. The first kappa shape index (κ1) is 56.4. The van der Waals surface area contributed by atoms with E-state index in [-0.39, 0.29) is 51.7 Å². The molecule has 0 bridgehead atoms. The van der Waals surface area contributed by atoms with E-state index in [1.54, 1.807) is 84.7 Å². The van der Waals surface area contributed by atoms with Gasteiger partial charge < -0.3 is 43.9 Å². The fraction of sp³-hybridized carbons (Fsp3) is 0.397. The minimum atomic E-state index is -0.196. The van der Waals surface area contributed by atoms with Gasteiger partial charge in [-0.2, -0.15) is 15.3 Å². The number of hydrogen-bond acceptors (Lipinski definition) is 17. The third-order valence-electron chi connectivity index (χ3n) is 18.9. The molecule has 87 heavy (non-hydrogen) atoms. The molecule has 15 rings (SSSR count). The topological polar surface area (TPSA) is 296 Å². The van der Waals surface area contributed by atoms with Crippen molar-refractivity contribution < 1.29 is 42.0 Å². The third-order valence-corrected chi connectivity index (χ3v) is 18.9. The summed E-state index contributed by atoms with van der Waals surface area (Å²) in [6, 6.07) is 12.4. The summed E-state index contributed by atoms with van der Waals surface area (Å²) in [7, 11) is 1.81. The fourth-order valence-electron chi connectivity index (χ4n) is 13.2. The van der Waals surface area contributed by atoms with E-state index in [1.807, 2.05) is 39.9 Å². The van der Waals surface area contributed by atoms with Crippen LogP contribution in [0.4, 0.5) is 0 Å². The van der Waals surface area contributed by atoms with Gasteiger partial charge in [-0.15, -0.1) is 0 Å². The molecule has 3 saturated heterocycles. The molecule has 9 aromatic heterocycles. The summed E-state index contributed by atoms with van der Waals surface area (Å²) >= 11 is 0. The molecule has 3 saturated carbocycles. The molecule has 6 aliphatic rings. The molecule has 9 aromatic rings. The number of aromatic nitrogens is 9. The van der Waals surface area contributed by atoms with E-state index >= 15 is 0 Å². The van der Waals surface area contributed by atoms with Crippen molar-refractivity contribution in [2.75, 3.05) is 58.9 Å². The Bertz CT molecular complexity index is 3740. The van der Waals surface area contributed by atoms with E-state index in [2.05, 4.69) is 56.2 Å². The summed E-state index contributed by atoms with van der Waals surface area (Å²) in [6.45, 7) is 6.34. The van der Waals surface area contributed by atoms with E-state index in [4.69, 9.17) is 13.3 Å². The quantitative estimate of drug-likeness (QED) is 0.113. The number of aryl methyl sites for hydroxylation is 1. The monoisotopic (exact) mass is 1180 g/mol. The Kier molecular flexibility index (Phi) is 15.3. The molecule has 3 aliphatic heterocycles. The molecule has 6 amide bonds. The zero-order valence-corrected chi connectivity index (χ0v) is 48.0. The van der Waals surface area contributed by atoms with Crippen LogP contribution in [-0.4, -0.2) is 154 Å². The Balaban J connectivity index is 0.000000121. The first-order valence-corrected chi connectivity index (χ1v) is 29.6. The zero-order valence-electron chi connectivity index (χ0n) is 48.0. The molecule has 24 nitrogen and oxygen atoms in total. The van der Waals surface area contributed by atoms with Gasteiger partial charge in [0.1, 0.15) is 5.69 Å². The molecule has 12 heterocycles. The largest absolute Gasteiger partial charge is 0.449 e. The van der Waals surface area contributed by atoms with Crippen molar-refractivity contribution in [3.8, 4) is 0 Å². The molecule has 3 atom stereocenters. The van der Waals surface area contributed by atoms with Crippen molar-refractivity contribution in [3.63, 3.8) is 0 Å². The molecule has 3 N–H and O–H groups in total.